The molecule has 0 spiro atoms. The highest BCUT2D eigenvalue weighted by molar-refractivity contribution is 5.94. The Hall–Kier alpha value is -2.15. The third-order valence-corrected chi connectivity index (χ3v) is 3.78. The first-order valence-electron chi connectivity index (χ1n) is 6.18. The maximum absolute atomic E-state index is 11.1. The molecule has 4 rings (SSSR count). The van der Waals surface area contributed by atoms with Crippen LogP contribution in [0.5, 0.6) is 0 Å². The van der Waals surface area contributed by atoms with Crippen molar-refractivity contribution in [2.45, 2.75) is 18.6 Å². The van der Waals surface area contributed by atoms with Crippen molar-refractivity contribution in [1.82, 2.24) is 14.6 Å². The van der Waals surface area contributed by atoms with E-state index in [0.717, 1.165) is 25.4 Å². The standard InChI is InChI=1S/C12H12N4O3/c17-12(18)9-4-13-16-2-1-10(14-11(9)16)15-5-8-3-7(15)6-19-8/h1-2,4,7-8H,3,5-6H2,(H,17,18)/t7-,8-/m0/s1. The number of morpholine rings is 1. The number of hydrogen-bond donors (Lipinski definition) is 1. The topological polar surface area (TPSA) is 80.0 Å². The minimum atomic E-state index is -1.01. The summed E-state index contributed by atoms with van der Waals surface area (Å²) in [5.74, 6) is -0.211. The van der Waals surface area contributed by atoms with Crippen molar-refractivity contribution < 1.29 is 14.6 Å². The van der Waals surface area contributed by atoms with Crippen LogP contribution in [0.3, 0.4) is 0 Å². The van der Waals surface area contributed by atoms with Crippen LogP contribution >= 0.6 is 0 Å². The first-order valence-corrected chi connectivity index (χ1v) is 6.18. The lowest BCUT2D eigenvalue weighted by Gasteiger charge is -2.27. The van der Waals surface area contributed by atoms with E-state index in [1.807, 2.05) is 6.07 Å². The third-order valence-electron chi connectivity index (χ3n) is 3.78. The van der Waals surface area contributed by atoms with Gasteiger partial charge in [0, 0.05) is 12.7 Å². The number of carboxylic acid groups (broad SMARTS) is 1. The van der Waals surface area contributed by atoms with E-state index in [1.54, 1.807) is 6.20 Å². The van der Waals surface area contributed by atoms with Gasteiger partial charge in [0.1, 0.15) is 11.4 Å². The Bertz CT molecular complexity index is 668. The van der Waals surface area contributed by atoms with Crippen LogP contribution in [0.2, 0.25) is 0 Å². The predicted octanol–water partition coefficient (Wildman–Crippen LogP) is 0.405. The van der Waals surface area contributed by atoms with Crippen molar-refractivity contribution in [1.29, 1.82) is 0 Å². The van der Waals surface area contributed by atoms with Gasteiger partial charge in [0.05, 0.1) is 24.9 Å². The molecule has 2 aromatic heterocycles. The monoisotopic (exact) mass is 260 g/mol. The number of ether oxygens (including phenoxy) is 1. The van der Waals surface area contributed by atoms with E-state index in [4.69, 9.17) is 9.84 Å². The summed E-state index contributed by atoms with van der Waals surface area (Å²) in [4.78, 5) is 17.7. The van der Waals surface area contributed by atoms with Gasteiger partial charge < -0.3 is 14.7 Å². The molecule has 2 saturated heterocycles. The molecule has 2 atom stereocenters. The van der Waals surface area contributed by atoms with Gasteiger partial charge in [-0.25, -0.2) is 14.3 Å². The van der Waals surface area contributed by atoms with E-state index in [2.05, 4.69) is 15.0 Å². The van der Waals surface area contributed by atoms with Crippen molar-refractivity contribution in [3.8, 4) is 0 Å². The molecule has 7 heteroatoms. The average molecular weight is 260 g/mol. The van der Waals surface area contributed by atoms with Gasteiger partial charge in [-0.05, 0) is 12.5 Å². The lowest BCUT2D eigenvalue weighted by molar-refractivity contribution is 0.0698. The molecule has 0 unspecified atom stereocenters. The molecule has 2 aliphatic heterocycles. The van der Waals surface area contributed by atoms with Gasteiger partial charge in [-0.2, -0.15) is 5.10 Å². The molecule has 0 amide bonds. The zero-order valence-corrected chi connectivity index (χ0v) is 10.1. The number of nitrogens with zero attached hydrogens (tertiary/aromatic N) is 4. The summed E-state index contributed by atoms with van der Waals surface area (Å²) in [6.07, 6.45) is 4.38. The summed E-state index contributed by atoms with van der Waals surface area (Å²) < 4.78 is 7.04. The molecule has 0 aromatic carbocycles. The second-order valence-corrected chi connectivity index (χ2v) is 4.91. The van der Waals surface area contributed by atoms with Gasteiger partial charge in [0.2, 0.25) is 0 Å². The zero-order valence-electron chi connectivity index (χ0n) is 10.1. The number of fused-ring (bicyclic) bond motifs is 3. The van der Waals surface area contributed by atoms with Crippen LogP contribution in [0.4, 0.5) is 5.82 Å². The Labute approximate surface area is 108 Å². The highest BCUT2D eigenvalue weighted by atomic mass is 16.5. The quantitative estimate of drug-likeness (QED) is 0.842. The van der Waals surface area contributed by atoms with Crippen LogP contribution < -0.4 is 4.90 Å². The highest BCUT2D eigenvalue weighted by Crippen LogP contribution is 2.31. The molecule has 2 fully saturated rings. The van der Waals surface area contributed by atoms with Crippen molar-refractivity contribution in [2.24, 2.45) is 0 Å². The van der Waals surface area contributed by atoms with Gasteiger partial charge in [0.15, 0.2) is 5.65 Å². The second kappa shape index (κ2) is 3.67. The molecule has 98 valence electrons. The molecule has 0 aliphatic carbocycles. The van der Waals surface area contributed by atoms with Gasteiger partial charge in [-0.1, -0.05) is 0 Å². The van der Waals surface area contributed by atoms with Crippen LogP contribution in [-0.2, 0) is 4.74 Å². The number of carboxylic acids is 1. The van der Waals surface area contributed by atoms with E-state index in [9.17, 15) is 4.79 Å². The molecule has 0 saturated carbocycles. The van der Waals surface area contributed by atoms with Crippen LogP contribution in [0, 0.1) is 0 Å². The maximum Gasteiger partial charge on any atom is 0.341 e. The number of rotatable bonds is 2. The smallest absolute Gasteiger partial charge is 0.341 e. The molecule has 0 radical (unpaired) electrons. The van der Waals surface area contributed by atoms with Crippen molar-refractivity contribution in [2.75, 3.05) is 18.1 Å². The Morgan fingerprint density at radius 3 is 3.11 bits per heavy atom. The van der Waals surface area contributed by atoms with Gasteiger partial charge in [-0.15, -0.1) is 0 Å². The van der Waals surface area contributed by atoms with Crippen LogP contribution in [0.1, 0.15) is 16.8 Å². The Balaban J connectivity index is 1.79. The van der Waals surface area contributed by atoms with E-state index in [1.165, 1.54) is 10.7 Å². The lowest BCUT2D eigenvalue weighted by Crippen LogP contribution is -2.37. The molecule has 2 aromatic rings. The summed E-state index contributed by atoms with van der Waals surface area (Å²) in [6.45, 7) is 1.55. The maximum atomic E-state index is 11.1. The first-order chi connectivity index (χ1) is 9.22. The number of anilines is 1. The summed E-state index contributed by atoms with van der Waals surface area (Å²) in [5, 5.41) is 13.1. The minimum absolute atomic E-state index is 0.127. The Morgan fingerprint density at radius 2 is 2.42 bits per heavy atom. The molecule has 4 heterocycles. The van der Waals surface area contributed by atoms with Crippen molar-refractivity contribution in [3.63, 3.8) is 0 Å². The average Bonchev–Trinajstić information content (AvgIpc) is 3.12. The van der Waals surface area contributed by atoms with Crippen molar-refractivity contribution >= 4 is 17.4 Å². The molecular formula is C12H12N4O3. The SMILES string of the molecule is O=C(O)c1cnn2ccc(N3C[C@@H]4C[C@H]3CO4)nc12. The Kier molecular flexibility index (Phi) is 2.08. The van der Waals surface area contributed by atoms with Crippen LogP contribution in [0.15, 0.2) is 18.5 Å². The van der Waals surface area contributed by atoms with E-state index < -0.39 is 5.97 Å². The lowest BCUT2D eigenvalue weighted by atomic mass is 10.2. The number of aromatic nitrogens is 3. The van der Waals surface area contributed by atoms with Crippen molar-refractivity contribution in [3.05, 3.63) is 24.0 Å². The van der Waals surface area contributed by atoms with Gasteiger partial charge >= 0.3 is 5.97 Å². The molecule has 2 bridgehead atoms. The molecule has 2 aliphatic rings. The van der Waals surface area contributed by atoms with E-state index >= 15 is 0 Å². The highest BCUT2D eigenvalue weighted by Gasteiger charge is 2.39. The van der Waals surface area contributed by atoms with Gasteiger partial charge in [-0.3, -0.25) is 0 Å². The summed E-state index contributed by atoms with van der Waals surface area (Å²) in [6, 6.07) is 2.22. The first kappa shape index (κ1) is 10.7. The van der Waals surface area contributed by atoms with Gasteiger partial charge in [0.25, 0.3) is 0 Å². The van der Waals surface area contributed by atoms with E-state index in [-0.39, 0.29) is 11.7 Å². The summed E-state index contributed by atoms with van der Waals surface area (Å²) >= 11 is 0. The molecule has 7 nitrogen and oxygen atoms in total. The van der Waals surface area contributed by atoms with Crippen LogP contribution in [-0.4, -0.2) is 51.0 Å². The molecule has 1 N–H and O–H groups in total. The fourth-order valence-corrected chi connectivity index (χ4v) is 2.85. The minimum Gasteiger partial charge on any atom is -0.477 e. The summed E-state index contributed by atoms with van der Waals surface area (Å²) in [5.41, 5.74) is 0.510. The normalized spacial score (nSPS) is 25.4. The molecular weight excluding hydrogens is 248 g/mol. The van der Waals surface area contributed by atoms with E-state index in [0.29, 0.717) is 11.7 Å². The molecule has 19 heavy (non-hydrogen) atoms. The predicted molar refractivity (Wildman–Crippen MR) is 65.4 cm³/mol. The fourth-order valence-electron chi connectivity index (χ4n) is 2.85. The number of aromatic carboxylic acids is 1. The number of hydrogen-bond acceptors (Lipinski definition) is 5. The third kappa shape index (κ3) is 1.51. The largest absolute Gasteiger partial charge is 0.477 e. The summed E-state index contributed by atoms with van der Waals surface area (Å²) in [7, 11) is 0. The number of carbonyl (C=O) groups is 1. The Morgan fingerprint density at radius 1 is 1.53 bits per heavy atom. The second-order valence-electron chi connectivity index (χ2n) is 4.91. The van der Waals surface area contributed by atoms with Crippen LogP contribution in [0.25, 0.3) is 5.65 Å². The fraction of sp³-hybridized carbons (Fsp3) is 0.417. The zero-order chi connectivity index (χ0) is 13.0.